The van der Waals surface area contributed by atoms with Crippen LogP contribution in [0.2, 0.25) is 5.02 Å². The van der Waals surface area contributed by atoms with Crippen molar-refractivity contribution in [2.24, 2.45) is 0 Å². The summed E-state index contributed by atoms with van der Waals surface area (Å²) in [7, 11) is 0. The molecule has 4 N–H and O–H groups in total. The summed E-state index contributed by atoms with van der Waals surface area (Å²) >= 11 is 6.06. The third-order valence-corrected chi connectivity index (χ3v) is 6.61. The molecular weight excluding hydrogens is 454 g/mol. The second kappa shape index (κ2) is 9.29. The van der Waals surface area contributed by atoms with Crippen LogP contribution in [0.5, 0.6) is 0 Å². The van der Waals surface area contributed by atoms with Gasteiger partial charge in [-0.3, -0.25) is 4.79 Å². The van der Waals surface area contributed by atoms with Gasteiger partial charge in [0.1, 0.15) is 11.4 Å². The number of benzene rings is 2. The molecule has 2 aliphatic heterocycles. The van der Waals surface area contributed by atoms with E-state index in [1.807, 2.05) is 19.9 Å². The van der Waals surface area contributed by atoms with E-state index in [4.69, 9.17) is 21.3 Å². The Morgan fingerprint density at radius 2 is 2.09 bits per heavy atom. The first-order valence-corrected chi connectivity index (χ1v) is 11.8. The van der Waals surface area contributed by atoms with Crippen molar-refractivity contribution in [3.8, 4) is 0 Å². The molecule has 3 heterocycles. The van der Waals surface area contributed by atoms with Crippen molar-refractivity contribution in [2.45, 2.75) is 26.0 Å². The van der Waals surface area contributed by atoms with Crippen LogP contribution in [0.3, 0.4) is 0 Å². The summed E-state index contributed by atoms with van der Waals surface area (Å²) in [6.07, 6.45) is -0.774. The highest BCUT2D eigenvalue weighted by Gasteiger charge is 2.32. The van der Waals surface area contributed by atoms with Gasteiger partial charge in [0.2, 0.25) is 0 Å². The Morgan fingerprint density at radius 3 is 2.85 bits per heavy atom. The molecule has 178 valence electrons. The number of H-pyrrole nitrogens is 1. The smallest absolute Gasteiger partial charge is 0.257 e. The third kappa shape index (κ3) is 4.36. The molecule has 1 aromatic heterocycles. The number of ether oxygens (including phenoxy) is 1. The number of hydrogen-bond donors (Lipinski definition) is 4. The van der Waals surface area contributed by atoms with E-state index in [-0.39, 0.29) is 18.5 Å². The molecule has 0 radical (unpaired) electrons. The number of amides is 1. The van der Waals surface area contributed by atoms with Gasteiger partial charge >= 0.3 is 0 Å². The molecule has 1 saturated heterocycles. The summed E-state index contributed by atoms with van der Waals surface area (Å²) in [4.78, 5) is 23.3. The standard InChI is InChI=1S/C25H28ClN5O3/c1-14-10-18(31-6-8-34-9-7-31)12-19-22(14)30-24(29-19)21-23(15(2)28-25(21)33)27-13-20(32)16-4-3-5-17(26)11-16/h3-5,10-12,15,20,27,32H,6-9,13H2,1-2H3,(H,28,33)(H,29,30)/t15-,20+/m0/s1. The van der Waals surface area contributed by atoms with E-state index >= 15 is 0 Å². The lowest BCUT2D eigenvalue weighted by molar-refractivity contribution is -0.115. The summed E-state index contributed by atoms with van der Waals surface area (Å²) in [5, 5.41) is 17.4. The van der Waals surface area contributed by atoms with Crippen LogP contribution in [-0.2, 0) is 9.53 Å². The molecule has 0 saturated carbocycles. The van der Waals surface area contributed by atoms with E-state index in [1.165, 1.54) is 0 Å². The molecule has 0 spiro atoms. The quantitative estimate of drug-likeness (QED) is 0.432. The first kappa shape index (κ1) is 22.7. The van der Waals surface area contributed by atoms with E-state index in [9.17, 15) is 9.90 Å². The highest BCUT2D eigenvalue weighted by atomic mass is 35.5. The van der Waals surface area contributed by atoms with Gasteiger partial charge in [0.25, 0.3) is 5.91 Å². The van der Waals surface area contributed by atoms with Crippen molar-refractivity contribution in [1.82, 2.24) is 20.6 Å². The number of aromatic nitrogens is 2. The van der Waals surface area contributed by atoms with Gasteiger partial charge in [-0.15, -0.1) is 0 Å². The fourth-order valence-electron chi connectivity index (χ4n) is 4.59. The molecule has 2 aliphatic rings. The molecule has 3 aromatic rings. The molecule has 5 rings (SSSR count). The van der Waals surface area contributed by atoms with Crippen LogP contribution < -0.4 is 15.5 Å². The number of halogens is 1. The van der Waals surface area contributed by atoms with Crippen molar-refractivity contribution in [2.75, 3.05) is 37.7 Å². The second-order valence-electron chi connectivity index (χ2n) is 8.78. The largest absolute Gasteiger partial charge is 0.387 e. The normalized spacial score (nSPS) is 19.6. The van der Waals surface area contributed by atoms with Gasteiger partial charge in [-0.2, -0.15) is 0 Å². The van der Waals surface area contributed by atoms with Gasteiger partial charge in [-0.1, -0.05) is 23.7 Å². The van der Waals surface area contributed by atoms with E-state index in [1.54, 1.807) is 18.2 Å². The SMILES string of the molecule is Cc1cc(N2CCOCC2)cc2[nH]c(C3=C(NC[C@@H](O)c4cccc(Cl)c4)[C@H](C)NC3=O)nc12. The van der Waals surface area contributed by atoms with Crippen molar-refractivity contribution in [1.29, 1.82) is 0 Å². The molecular formula is C25H28ClN5O3. The Kier molecular flexibility index (Phi) is 6.20. The minimum atomic E-state index is -0.774. The number of aromatic amines is 1. The number of nitrogens with zero attached hydrogens (tertiary/aromatic N) is 2. The fraction of sp³-hybridized carbons (Fsp3) is 0.360. The van der Waals surface area contributed by atoms with Gasteiger partial charge in [-0.25, -0.2) is 4.98 Å². The number of nitrogens with one attached hydrogen (secondary N) is 3. The number of aliphatic hydroxyl groups is 1. The predicted molar refractivity (Wildman–Crippen MR) is 133 cm³/mol. The Balaban J connectivity index is 1.45. The number of hydrogen-bond acceptors (Lipinski definition) is 6. The Morgan fingerprint density at radius 1 is 1.29 bits per heavy atom. The minimum absolute atomic E-state index is 0.197. The number of carbonyl (C=O) groups excluding carboxylic acids is 1. The average molecular weight is 482 g/mol. The van der Waals surface area contributed by atoms with E-state index in [0.717, 1.165) is 35.4 Å². The molecule has 0 aliphatic carbocycles. The molecule has 2 aromatic carbocycles. The summed E-state index contributed by atoms with van der Waals surface area (Å²) in [5.41, 5.74) is 5.76. The molecule has 34 heavy (non-hydrogen) atoms. The first-order valence-electron chi connectivity index (χ1n) is 11.5. The van der Waals surface area contributed by atoms with Gasteiger partial charge in [-0.05, 0) is 49.2 Å². The minimum Gasteiger partial charge on any atom is -0.387 e. The second-order valence-corrected chi connectivity index (χ2v) is 9.22. The van der Waals surface area contributed by atoms with Gasteiger partial charge in [0.05, 0.1) is 42.1 Å². The zero-order chi connectivity index (χ0) is 23.8. The first-order chi connectivity index (χ1) is 16.4. The number of rotatable bonds is 6. The number of imidazole rings is 1. The number of aryl methyl sites for hydroxylation is 1. The topological polar surface area (TPSA) is 103 Å². The number of aliphatic hydroxyl groups excluding tert-OH is 1. The van der Waals surface area contributed by atoms with E-state index in [0.29, 0.717) is 40.9 Å². The van der Waals surface area contributed by atoms with Crippen molar-refractivity contribution >= 4 is 39.8 Å². The number of fused-ring (bicyclic) bond motifs is 1. The molecule has 9 heteroatoms. The molecule has 8 nitrogen and oxygen atoms in total. The van der Waals surface area contributed by atoms with E-state index < -0.39 is 6.10 Å². The monoisotopic (exact) mass is 481 g/mol. The van der Waals surface area contributed by atoms with Gasteiger partial charge < -0.3 is 30.4 Å². The highest BCUT2D eigenvalue weighted by molar-refractivity contribution is 6.30. The maximum Gasteiger partial charge on any atom is 0.257 e. The summed E-state index contributed by atoms with van der Waals surface area (Å²) in [6.45, 7) is 7.30. The van der Waals surface area contributed by atoms with Crippen LogP contribution in [0.25, 0.3) is 16.6 Å². The summed E-state index contributed by atoms with van der Waals surface area (Å²) < 4.78 is 5.47. The van der Waals surface area contributed by atoms with E-state index in [2.05, 4.69) is 32.7 Å². The summed E-state index contributed by atoms with van der Waals surface area (Å²) in [5.74, 6) is 0.316. The van der Waals surface area contributed by atoms with Crippen LogP contribution in [0, 0.1) is 6.92 Å². The van der Waals surface area contributed by atoms with Crippen molar-refractivity contribution in [3.63, 3.8) is 0 Å². The Labute approximate surface area is 203 Å². The van der Waals surface area contributed by atoms with Crippen LogP contribution >= 0.6 is 11.6 Å². The van der Waals surface area contributed by atoms with Gasteiger partial charge in [0.15, 0.2) is 0 Å². The molecule has 1 fully saturated rings. The van der Waals surface area contributed by atoms with Crippen LogP contribution in [0.15, 0.2) is 42.1 Å². The highest BCUT2D eigenvalue weighted by Crippen LogP contribution is 2.30. The Bertz CT molecular complexity index is 1260. The molecule has 2 atom stereocenters. The molecule has 1 amide bonds. The predicted octanol–water partition coefficient (Wildman–Crippen LogP) is 2.91. The lowest BCUT2D eigenvalue weighted by Crippen LogP contribution is -2.36. The van der Waals surface area contributed by atoms with Crippen molar-refractivity contribution < 1.29 is 14.6 Å². The zero-order valence-corrected chi connectivity index (χ0v) is 19.9. The summed E-state index contributed by atoms with van der Waals surface area (Å²) in [6, 6.07) is 11.1. The lowest BCUT2D eigenvalue weighted by atomic mass is 10.1. The average Bonchev–Trinajstić information content (AvgIpc) is 3.37. The Hall–Kier alpha value is -3.07. The fourth-order valence-corrected chi connectivity index (χ4v) is 4.79. The molecule has 0 unspecified atom stereocenters. The molecule has 0 bridgehead atoms. The lowest BCUT2D eigenvalue weighted by Gasteiger charge is -2.29. The van der Waals surface area contributed by atoms with Gasteiger partial charge in [0, 0.05) is 30.3 Å². The number of carbonyl (C=O) groups is 1. The van der Waals surface area contributed by atoms with Crippen LogP contribution in [0.4, 0.5) is 5.69 Å². The zero-order valence-electron chi connectivity index (χ0n) is 19.2. The number of morpholine rings is 1. The van der Waals surface area contributed by atoms with Crippen LogP contribution in [0.1, 0.15) is 30.0 Å². The van der Waals surface area contributed by atoms with Crippen molar-refractivity contribution in [3.05, 3.63) is 64.1 Å². The number of anilines is 1. The maximum absolute atomic E-state index is 12.9. The maximum atomic E-state index is 12.9. The third-order valence-electron chi connectivity index (χ3n) is 6.37. The van der Waals surface area contributed by atoms with Crippen LogP contribution in [-0.4, -0.2) is 59.9 Å².